The summed E-state index contributed by atoms with van der Waals surface area (Å²) in [5, 5.41) is 12.9. The molecule has 27 heavy (non-hydrogen) atoms. The van der Waals surface area contributed by atoms with Crippen molar-refractivity contribution < 1.29 is 4.79 Å². The van der Waals surface area contributed by atoms with E-state index in [1.807, 2.05) is 31.2 Å². The fraction of sp³-hybridized carbons (Fsp3) is 0.263. The number of anilines is 1. The van der Waals surface area contributed by atoms with Gasteiger partial charge in [0.05, 0.1) is 21.6 Å². The molecule has 0 atom stereocenters. The number of carbonyl (C=O) groups is 1. The zero-order chi connectivity index (χ0) is 18.5. The molecule has 3 heterocycles. The molecule has 0 saturated carbocycles. The Hall–Kier alpha value is -3.00. The number of nitrogens with one attached hydrogen (secondary N) is 1. The Morgan fingerprint density at radius 2 is 2.07 bits per heavy atom. The number of aryl methyl sites for hydroxylation is 3. The van der Waals surface area contributed by atoms with Crippen molar-refractivity contribution in [3.05, 3.63) is 53.0 Å². The molecule has 1 amide bonds. The van der Waals surface area contributed by atoms with Crippen molar-refractivity contribution in [1.29, 1.82) is 0 Å². The van der Waals surface area contributed by atoms with Crippen LogP contribution in [0.5, 0.6) is 0 Å². The number of carbonyl (C=O) groups excluding carboxylic acids is 1. The maximum Gasteiger partial charge on any atom is 0.275 e. The minimum atomic E-state index is -0.185. The lowest BCUT2D eigenvalue weighted by atomic mass is 10.2. The van der Waals surface area contributed by atoms with Gasteiger partial charge in [0, 0.05) is 12.6 Å². The monoisotopic (exact) mass is 378 g/mol. The van der Waals surface area contributed by atoms with Gasteiger partial charge in [0.25, 0.3) is 5.91 Å². The van der Waals surface area contributed by atoms with Crippen LogP contribution in [0.2, 0.25) is 0 Å². The first kappa shape index (κ1) is 16.2. The molecule has 0 saturated heterocycles. The van der Waals surface area contributed by atoms with Crippen LogP contribution in [0.15, 0.2) is 30.3 Å². The molecule has 136 valence electrons. The summed E-state index contributed by atoms with van der Waals surface area (Å²) in [5.41, 5.74) is 4.43. The molecule has 3 aromatic heterocycles. The standard InChI is InChI=1S/C19H18N6OS/c1-11-10-15(24(2)22-11)18(26)21-17-12-6-5-8-13(12)23-25(17)19-20-14-7-3-4-9-16(14)27-19/h3-4,7,9-10H,5-6,8H2,1-2H3,(H,21,26). The van der Waals surface area contributed by atoms with E-state index < -0.39 is 0 Å². The van der Waals surface area contributed by atoms with E-state index in [1.165, 1.54) is 0 Å². The van der Waals surface area contributed by atoms with E-state index in [4.69, 9.17) is 10.1 Å². The summed E-state index contributed by atoms with van der Waals surface area (Å²) in [6.45, 7) is 1.87. The Kier molecular flexibility index (Phi) is 3.61. The van der Waals surface area contributed by atoms with Crippen molar-refractivity contribution in [3.8, 4) is 5.13 Å². The maximum atomic E-state index is 12.9. The van der Waals surface area contributed by atoms with Crippen molar-refractivity contribution in [2.45, 2.75) is 26.2 Å². The lowest BCUT2D eigenvalue weighted by Crippen LogP contribution is -2.19. The van der Waals surface area contributed by atoms with E-state index in [2.05, 4.69) is 10.4 Å². The van der Waals surface area contributed by atoms with Crippen molar-refractivity contribution in [3.63, 3.8) is 0 Å². The molecular formula is C19H18N6OS. The van der Waals surface area contributed by atoms with Crippen molar-refractivity contribution >= 4 is 33.3 Å². The highest BCUT2D eigenvalue weighted by Gasteiger charge is 2.26. The number of aromatic nitrogens is 5. The number of hydrogen-bond acceptors (Lipinski definition) is 5. The number of amides is 1. The highest BCUT2D eigenvalue weighted by atomic mass is 32.1. The zero-order valence-corrected chi connectivity index (χ0v) is 15.9. The predicted octanol–water partition coefficient (Wildman–Crippen LogP) is 3.26. The van der Waals surface area contributed by atoms with Crippen LogP contribution in [0.3, 0.4) is 0 Å². The molecule has 0 bridgehead atoms. The second-order valence-electron chi connectivity index (χ2n) is 6.75. The first-order valence-corrected chi connectivity index (χ1v) is 9.70. The Morgan fingerprint density at radius 3 is 2.85 bits per heavy atom. The van der Waals surface area contributed by atoms with Crippen LogP contribution in [0, 0.1) is 6.92 Å². The summed E-state index contributed by atoms with van der Waals surface area (Å²) in [7, 11) is 1.77. The molecule has 1 aliphatic carbocycles. The number of para-hydroxylation sites is 1. The number of nitrogens with zero attached hydrogens (tertiary/aromatic N) is 5. The summed E-state index contributed by atoms with van der Waals surface area (Å²) in [4.78, 5) is 17.6. The molecule has 7 nitrogen and oxygen atoms in total. The molecule has 0 aliphatic heterocycles. The van der Waals surface area contributed by atoms with Crippen molar-refractivity contribution in [1.82, 2.24) is 24.5 Å². The minimum absolute atomic E-state index is 0.185. The van der Waals surface area contributed by atoms with Gasteiger partial charge in [-0.2, -0.15) is 14.9 Å². The fourth-order valence-corrected chi connectivity index (χ4v) is 4.53. The summed E-state index contributed by atoms with van der Waals surface area (Å²) in [5.74, 6) is 0.542. The van der Waals surface area contributed by atoms with Gasteiger partial charge in [0.2, 0.25) is 5.13 Å². The molecule has 1 N–H and O–H groups in total. The fourth-order valence-electron chi connectivity index (χ4n) is 3.60. The highest BCUT2D eigenvalue weighted by molar-refractivity contribution is 7.20. The molecule has 5 rings (SSSR count). The summed E-state index contributed by atoms with van der Waals surface area (Å²) in [6.07, 6.45) is 2.91. The van der Waals surface area contributed by atoms with Gasteiger partial charge in [0.15, 0.2) is 0 Å². The number of benzene rings is 1. The average Bonchev–Trinajstić information content (AvgIpc) is 3.38. The van der Waals surface area contributed by atoms with Crippen LogP contribution in [-0.4, -0.2) is 30.5 Å². The average molecular weight is 378 g/mol. The second kappa shape index (κ2) is 6.02. The van der Waals surface area contributed by atoms with E-state index in [0.29, 0.717) is 5.69 Å². The summed E-state index contributed by atoms with van der Waals surface area (Å²) in [6, 6.07) is 9.80. The van der Waals surface area contributed by atoms with Gasteiger partial charge in [-0.05, 0) is 44.4 Å². The Balaban J connectivity index is 1.59. The topological polar surface area (TPSA) is 77.6 Å². The van der Waals surface area contributed by atoms with Crippen molar-refractivity contribution in [2.75, 3.05) is 5.32 Å². The quantitative estimate of drug-likeness (QED) is 0.594. The van der Waals surface area contributed by atoms with Crippen LogP contribution in [-0.2, 0) is 19.9 Å². The van der Waals surface area contributed by atoms with Crippen LogP contribution in [0.1, 0.15) is 33.9 Å². The van der Waals surface area contributed by atoms with Gasteiger partial charge < -0.3 is 5.32 Å². The Bertz CT molecular complexity index is 1150. The van der Waals surface area contributed by atoms with Crippen LogP contribution in [0.4, 0.5) is 5.82 Å². The number of rotatable bonds is 3. The molecule has 0 fully saturated rings. The van der Waals surface area contributed by atoms with Gasteiger partial charge in [-0.25, -0.2) is 4.98 Å². The smallest absolute Gasteiger partial charge is 0.275 e. The molecular weight excluding hydrogens is 360 g/mol. The third-order valence-corrected chi connectivity index (χ3v) is 5.85. The second-order valence-corrected chi connectivity index (χ2v) is 7.76. The number of thiazole rings is 1. The molecule has 1 aliphatic rings. The largest absolute Gasteiger partial charge is 0.305 e. The van der Waals surface area contributed by atoms with E-state index in [9.17, 15) is 4.79 Å². The van der Waals surface area contributed by atoms with Gasteiger partial charge in [0.1, 0.15) is 11.5 Å². The molecule has 8 heteroatoms. The maximum absolute atomic E-state index is 12.9. The first-order valence-electron chi connectivity index (χ1n) is 8.89. The molecule has 0 spiro atoms. The lowest BCUT2D eigenvalue weighted by molar-refractivity contribution is 0.101. The van der Waals surface area contributed by atoms with Crippen molar-refractivity contribution in [2.24, 2.45) is 7.05 Å². The van der Waals surface area contributed by atoms with E-state index in [1.54, 1.807) is 33.8 Å². The molecule has 1 aromatic carbocycles. The van der Waals surface area contributed by atoms with Crippen LogP contribution < -0.4 is 5.32 Å². The third kappa shape index (κ3) is 2.64. The van der Waals surface area contributed by atoms with Gasteiger partial charge in [-0.1, -0.05) is 23.5 Å². The van der Waals surface area contributed by atoms with Gasteiger partial charge in [-0.3, -0.25) is 9.48 Å². The van der Waals surface area contributed by atoms with Crippen LogP contribution >= 0.6 is 11.3 Å². The van der Waals surface area contributed by atoms with E-state index in [0.717, 1.165) is 57.4 Å². The molecule has 4 aromatic rings. The number of fused-ring (bicyclic) bond motifs is 2. The third-order valence-electron chi connectivity index (χ3n) is 4.84. The molecule has 0 radical (unpaired) electrons. The summed E-state index contributed by atoms with van der Waals surface area (Å²) < 4.78 is 4.49. The van der Waals surface area contributed by atoms with Crippen LogP contribution in [0.25, 0.3) is 15.3 Å². The number of hydrogen-bond donors (Lipinski definition) is 1. The minimum Gasteiger partial charge on any atom is -0.305 e. The van der Waals surface area contributed by atoms with Gasteiger partial charge in [-0.15, -0.1) is 0 Å². The Morgan fingerprint density at radius 1 is 1.22 bits per heavy atom. The molecule has 0 unspecified atom stereocenters. The normalized spacial score (nSPS) is 13.3. The Labute approximate surface area is 159 Å². The lowest BCUT2D eigenvalue weighted by Gasteiger charge is -2.09. The summed E-state index contributed by atoms with van der Waals surface area (Å²) >= 11 is 1.57. The first-order chi connectivity index (χ1) is 13.1. The predicted molar refractivity (Wildman–Crippen MR) is 105 cm³/mol. The van der Waals surface area contributed by atoms with E-state index >= 15 is 0 Å². The van der Waals surface area contributed by atoms with Gasteiger partial charge >= 0.3 is 0 Å². The van der Waals surface area contributed by atoms with E-state index in [-0.39, 0.29) is 5.91 Å². The SMILES string of the molecule is Cc1cc(C(=O)Nc2c3c(nn2-c2nc4ccccc4s2)CCC3)n(C)n1. The zero-order valence-electron chi connectivity index (χ0n) is 15.1. The highest BCUT2D eigenvalue weighted by Crippen LogP contribution is 2.33.